The molecule has 6 heteroatoms. The van der Waals surface area contributed by atoms with Gasteiger partial charge in [0, 0.05) is 41.4 Å². The molecule has 204 valence electrons. The second kappa shape index (κ2) is 11.3. The van der Waals surface area contributed by atoms with Crippen LogP contribution in [-0.4, -0.2) is 34.8 Å². The van der Waals surface area contributed by atoms with Crippen molar-refractivity contribution in [1.82, 2.24) is 9.88 Å². The van der Waals surface area contributed by atoms with E-state index in [0.29, 0.717) is 29.1 Å². The van der Waals surface area contributed by atoms with Crippen LogP contribution in [0.5, 0.6) is 0 Å². The van der Waals surface area contributed by atoms with E-state index in [1.807, 2.05) is 35.8 Å². The van der Waals surface area contributed by atoms with Crippen LogP contribution in [-0.2, 0) is 21.5 Å². The Morgan fingerprint density at radius 2 is 1.84 bits per heavy atom. The smallest absolute Gasteiger partial charge is 0.353 e. The normalized spacial score (nSPS) is 21.0. The van der Waals surface area contributed by atoms with E-state index in [4.69, 9.17) is 4.74 Å². The first-order valence-electron chi connectivity index (χ1n) is 13.8. The Morgan fingerprint density at radius 3 is 2.39 bits per heavy atom. The molecule has 1 amide bonds. The summed E-state index contributed by atoms with van der Waals surface area (Å²) in [7, 11) is 1.75. The standard InChI is InChI=1S/C32H42N2O4/c1-7-25(33-30(35)23-11-12-23)18-27-20(2)34(19-21-9-8-10-26(17-21)38-6)29(31(36)37)28(27)22-13-15-24(16-14-22)32(3,4)5/h7,13-16,18,21,23,26H,2,8-12,17,19H2,1,3-6H3,(H,33,35)(H,36,37)/b25-7+,27-18+/t21?,26-/m1/s1. The number of allylic oxidation sites excluding steroid dienone is 2. The van der Waals surface area contributed by atoms with Gasteiger partial charge in [0.05, 0.1) is 6.10 Å². The maximum absolute atomic E-state index is 12.8. The summed E-state index contributed by atoms with van der Waals surface area (Å²) in [6.07, 6.45) is 9.81. The van der Waals surface area contributed by atoms with Gasteiger partial charge in [-0.15, -0.1) is 0 Å². The van der Waals surface area contributed by atoms with Gasteiger partial charge >= 0.3 is 5.97 Å². The number of hydrogen-bond acceptors (Lipinski definition) is 3. The average Bonchev–Trinajstić information content (AvgIpc) is 3.70. The minimum absolute atomic E-state index is 0.0155. The SMILES string of the molecule is C=c1/c(=C\C(=C/C)NC(=O)C2CC2)c(-c2ccc(C(C)(C)C)cc2)c(C(=O)O)n1CC1CCC[C@@H](OC)C1. The fraction of sp³-hybridized carbons (Fsp3) is 0.500. The summed E-state index contributed by atoms with van der Waals surface area (Å²) in [6, 6.07) is 8.15. The number of aromatic nitrogens is 1. The van der Waals surface area contributed by atoms with E-state index in [-0.39, 0.29) is 29.0 Å². The third-order valence-electron chi connectivity index (χ3n) is 7.99. The van der Waals surface area contributed by atoms with Gasteiger partial charge in [-0.3, -0.25) is 4.79 Å². The van der Waals surface area contributed by atoms with Crippen molar-refractivity contribution in [2.45, 2.75) is 84.3 Å². The molecular formula is C32H42N2O4. The molecule has 2 N–H and O–H groups in total. The van der Waals surface area contributed by atoms with E-state index < -0.39 is 5.97 Å². The minimum Gasteiger partial charge on any atom is -0.477 e. The number of methoxy groups -OCH3 is 1. The van der Waals surface area contributed by atoms with Gasteiger partial charge in [-0.2, -0.15) is 0 Å². The Morgan fingerprint density at radius 1 is 1.16 bits per heavy atom. The van der Waals surface area contributed by atoms with Crippen molar-refractivity contribution in [3.05, 3.63) is 57.9 Å². The third-order valence-corrected chi connectivity index (χ3v) is 7.99. The highest BCUT2D eigenvalue weighted by Gasteiger charge is 2.30. The molecule has 2 aliphatic rings. The molecule has 0 saturated heterocycles. The van der Waals surface area contributed by atoms with Crippen LogP contribution < -0.4 is 15.9 Å². The van der Waals surface area contributed by atoms with Crippen LogP contribution in [0.4, 0.5) is 0 Å². The minimum atomic E-state index is -0.979. The Hall–Kier alpha value is -3.12. The van der Waals surface area contributed by atoms with Gasteiger partial charge in [-0.05, 0) is 67.6 Å². The van der Waals surface area contributed by atoms with Gasteiger partial charge in [-0.1, -0.05) is 64.1 Å². The van der Waals surface area contributed by atoms with E-state index >= 15 is 0 Å². The molecule has 0 spiro atoms. The molecule has 1 unspecified atom stereocenters. The lowest BCUT2D eigenvalue weighted by Crippen LogP contribution is -2.34. The fourth-order valence-corrected chi connectivity index (χ4v) is 5.51. The summed E-state index contributed by atoms with van der Waals surface area (Å²) in [6.45, 7) is 13.3. The molecule has 0 aliphatic heterocycles. The number of hydrogen-bond donors (Lipinski definition) is 2. The van der Waals surface area contributed by atoms with Gasteiger partial charge in [-0.25, -0.2) is 4.79 Å². The van der Waals surface area contributed by atoms with Gasteiger partial charge < -0.3 is 19.7 Å². The van der Waals surface area contributed by atoms with Gasteiger partial charge in [0.25, 0.3) is 0 Å². The largest absolute Gasteiger partial charge is 0.477 e. The van der Waals surface area contributed by atoms with E-state index in [2.05, 4.69) is 44.8 Å². The number of carbonyl (C=O) groups is 2. The van der Waals surface area contributed by atoms with Crippen LogP contribution in [0.3, 0.4) is 0 Å². The average molecular weight is 519 g/mol. The Kier molecular flexibility index (Phi) is 8.31. The quantitative estimate of drug-likeness (QED) is 0.517. The highest BCUT2D eigenvalue weighted by Crippen LogP contribution is 2.31. The highest BCUT2D eigenvalue weighted by molar-refractivity contribution is 5.95. The van der Waals surface area contributed by atoms with Crippen molar-refractivity contribution in [1.29, 1.82) is 0 Å². The lowest BCUT2D eigenvalue weighted by atomic mass is 9.86. The molecule has 1 heterocycles. The lowest BCUT2D eigenvalue weighted by Gasteiger charge is -2.29. The van der Waals surface area contributed by atoms with Gasteiger partial charge in [0.1, 0.15) is 5.69 Å². The molecule has 2 aliphatic carbocycles. The lowest BCUT2D eigenvalue weighted by molar-refractivity contribution is -0.121. The van der Waals surface area contributed by atoms with Crippen molar-refractivity contribution < 1.29 is 19.4 Å². The predicted octanol–water partition coefficient (Wildman–Crippen LogP) is 4.98. The monoisotopic (exact) mass is 518 g/mol. The van der Waals surface area contributed by atoms with Crippen LogP contribution in [0, 0.1) is 11.8 Å². The van der Waals surface area contributed by atoms with Crippen LogP contribution in [0.1, 0.15) is 82.3 Å². The topological polar surface area (TPSA) is 80.6 Å². The number of carbonyl (C=O) groups excluding carboxylic acids is 1. The zero-order chi connectivity index (χ0) is 27.6. The molecule has 2 fully saturated rings. The summed E-state index contributed by atoms with van der Waals surface area (Å²) in [5, 5.41) is 14.9. The Labute approximate surface area is 226 Å². The van der Waals surface area contributed by atoms with Gasteiger partial charge in [0.15, 0.2) is 0 Å². The molecule has 2 aromatic rings. The maximum atomic E-state index is 12.8. The third kappa shape index (κ3) is 6.12. The van der Waals surface area contributed by atoms with E-state index in [1.54, 1.807) is 7.11 Å². The number of rotatable bonds is 8. The molecule has 0 bridgehead atoms. The number of carboxylic acid groups (broad SMARTS) is 1. The summed E-state index contributed by atoms with van der Waals surface area (Å²) in [4.78, 5) is 25.4. The van der Waals surface area contributed by atoms with Crippen molar-refractivity contribution in [3.63, 3.8) is 0 Å². The van der Waals surface area contributed by atoms with Crippen LogP contribution in [0.2, 0.25) is 0 Å². The molecule has 6 nitrogen and oxygen atoms in total. The molecule has 2 atom stereocenters. The number of benzene rings is 1. The molecular weight excluding hydrogens is 476 g/mol. The maximum Gasteiger partial charge on any atom is 0.353 e. The molecule has 4 rings (SSSR count). The number of carboxylic acids is 1. The first-order valence-corrected chi connectivity index (χ1v) is 13.8. The van der Waals surface area contributed by atoms with Gasteiger partial charge in [0.2, 0.25) is 5.91 Å². The van der Waals surface area contributed by atoms with Crippen molar-refractivity contribution >= 4 is 24.5 Å². The van der Waals surface area contributed by atoms with Crippen LogP contribution in [0.25, 0.3) is 23.8 Å². The molecule has 1 aromatic carbocycles. The van der Waals surface area contributed by atoms with Crippen molar-refractivity contribution in [2.24, 2.45) is 11.8 Å². The number of amides is 1. The first kappa shape index (κ1) is 27.9. The number of nitrogens with one attached hydrogen (secondary N) is 1. The van der Waals surface area contributed by atoms with Crippen LogP contribution in [0.15, 0.2) is 36.0 Å². The predicted molar refractivity (Wildman–Crippen MR) is 152 cm³/mol. The Bertz CT molecular complexity index is 1320. The summed E-state index contributed by atoms with van der Waals surface area (Å²) in [5.74, 6) is -0.588. The number of aromatic carboxylic acids is 1. The molecule has 38 heavy (non-hydrogen) atoms. The zero-order valence-electron chi connectivity index (χ0n) is 23.5. The van der Waals surface area contributed by atoms with E-state index in [0.717, 1.165) is 49.3 Å². The Balaban J connectivity index is 1.87. The summed E-state index contributed by atoms with van der Waals surface area (Å²) < 4.78 is 7.51. The summed E-state index contributed by atoms with van der Waals surface area (Å²) >= 11 is 0. The second-order valence-corrected chi connectivity index (χ2v) is 11.9. The number of ether oxygens (including phenoxy) is 1. The highest BCUT2D eigenvalue weighted by atomic mass is 16.5. The van der Waals surface area contributed by atoms with E-state index in [1.165, 1.54) is 5.56 Å². The molecule has 0 radical (unpaired) electrons. The van der Waals surface area contributed by atoms with Crippen LogP contribution >= 0.6 is 0 Å². The number of nitrogens with zero attached hydrogens (tertiary/aromatic N) is 1. The first-order chi connectivity index (χ1) is 18.0. The summed E-state index contributed by atoms with van der Waals surface area (Å²) in [5.41, 5.74) is 3.53. The zero-order valence-corrected chi connectivity index (χ0v) is 23.5. The fourth-order valence-electron chi connectivity index (χ4n) is 5.51. The van der Waals surface area contributed by atoms with Crippen molar-refractivity contribution in [3.8, 4) is 11.1 Å². The van der Waals surface area contributed by atoms with E-state index in [9.17, 15) is 14.7 Å². The molecule has 2 saturated carbocycles. The second-order valence-electron chi connectivity index (χ2n) is 11.9. The molecule has 1 aromatic heterocycles. The van der Waals surface area contributed by atoms with Crippen molar-refractivity contribution in [2.75, 3.05) is 7.11 Å².